The third-order valence-corrected chi connectivity index (χ3v) is 11.9. The van der Waals surface area contributed by atoms with Gasteiger partial charge in [0, 0.05) is 0 Å². The van der Waals surface area contributed by atoms with Crippen molar-refractivity contribution in [2.75, 3.05) is 0 Å². The molecule has 0 amide bonds. The third kappa shape index (κ3) is 4.46. The molecule has 0 saturated heterocycles. The average molecular weight is 326 g/mol. The van der Waals surface area contributed by atoms with Gasteiger partial charge >= 0.3 is 0 Å². The highest BCUT2D eigenvalue weighted by Crippen LogP contribution is 2.67. The van der Waals surface area contributed by atoms with E-state index < -0.39 is 0 Å². The van der Waals surface area contributed by atoms with Crippen LogP contribution < -0.4 is 15.9 Å². The highest BCUT2D eigenvalue weighted by molar-refractivity contribution is 8.57. The van der Waals surface area contributed by atoms with E-state index in [2.05, 4.69) is 91.0 Å². The van der Waals surface area contributed by atoms with Crippen molar-refractivity contribution in [3.05, 3.63) is 91.0 Å². The molecule has 0 saturated carbocycles. The van der Waals surface area contributed by atoms with Gasteiger partial charge < -0.3 is 0 Å². The summed E-state index contributed by atoms with van der Waals surface area (Å²) in [4.78, 5) is 0. The van der Waals surface area contributed by atoms with E-state index in [4.69, 9.17) is 0 Å². The predicted octanol–water partition coefficient (Wildman–Crippen LogP) is 4.63. The van der Waals surface area contributed by atoms with Gasteiger partial charge in [-0.2, -0.15) is 0 Å². The second kappa shape index (κ2) is 7.82. The Morgan fingerprint density at radius 1 is 0.476 bits per heavy atom. The molecule has 2 atom stereocenters. The van der Waals surface area contributed by atoms with Crippen molar-refractivity contribution >= 4 is 39.8 Å². The highest BCUT2D eigenvalue weighted by Gasteiger charge is 2.12. The minimum absolute atomic E-state index is 0.153. The molecule has 3 rings (SSSR count). The minimum Gasteiger partial charge on any atom is -0.0622 e. The number of benzene rings is 3. The summed E-state index contributed by atoms with van der Waals surface area (Å²) < 4.78 is 0. The van der Waals surface area contributed by atoms with Crippen molar-refractivity contribution in [3.8, 4) is 0 Å². The summed E-state index contributed by atoms with van der Waals surface area (Å²) in [6.45, 7) is 0. The van der Waals surface area contributed by atoms with Crippen molar-refractivity contribution in [2.45, 2.75) is 0 Å². The molecule has 0 aliphatic heterocycles. The summed E-state index contributed by atoms with van der Waals surface area (Å²) in [6, 6.07) is 32.8. The van der Waals surface area contributed by atoms with Gasteiger partial charge in [0.15, 0.2) is 0 Å². The Kier molecular flexibility index (Phi) is 5.53. The van der Waals surface area contributed by atoms with Gasteiger partial charge in [-0.25, -0.2) is 0 Å². The molecule has 0 N–H and O–H groups in total. The molecule has 3 heteroatoms. The molecule has 0 fully saturated rings. The smallest absolute Gasteiger partial charge is 0.0153 e. The standard InChI is InChI=1S/C18H17P3/c1-4-10-16(11-5-1)19-21(18-14-8-3-9-15-18)20-17-12-6-2-7-13-17/h1-15,19-20H. The van der Waals surface area contributed by atoms with E-state index in [1.165, 1.54) is 15.9 Å². The summed E-state index contributed by atoms with van der Waals surface area (Å²) in [5, 5.41) is 4.45. The van der Waals surface area contributed by atoms with E-state index in [0.717, 1.165) is 16.5 Å². The molecule has 21 heavy (non-hydrogen) atoms. The Morgan fingerprint density at radius 3 is 1.29 bits per heavy atom. The fourth-order valence-electron chi connectivity index (χ4n) is 2.02. The summed E-state index contributed by atoms with van der Waals surface area (Å²) >= 11 is 0. The first kappa shape index (κ1) is 14.9. The molecule has 0 nitrogen and oxygen atoms in total. The average Bonchev–Trinajstić information content (AvgIpc) is 2.57. The van der Waals surface area contributed by atoms with Crippen LogP contribution in [0, 0.1) is 0 Å². The first-order valence-corrected chi connectivity index (χ1v) is 11.9. The highest BCUT2D eigenvalue weighted by atomic mass is 32.4. The van der Waals surface area contributed by atoms with Crippen LogP contribution >= 0.6 is 23.8 Å². The lowest BCUT2D eigenvalue weighted by Crippen LogP contribution is -2.00. The second-order valence-electron chi connectivity index (χ2n) is 4.63. The molecule has 0 heterocycles. The molecule has 104 valence electrons. The predicted molar refractivity (Wildman–Crippen MR) is 102 cm³/mol. The number of hydrogen-bond donors (Lipinski definition) is 0. The molecule has 0 spiro atoms. The van der Waals surface area contributed by atoms with Crippen LogP contribution in [0.2, 0.25) is 0 Å². The zero-order valence-corrected chi connectivity index (χ0v) is 14.5. The normalized spacial score (nSPS) is 13.1. The van der Waals surface area contributed by atoms with Crippen LogP contribution in [-0.2, 0) is 0 Å². The van der Waals surface area contributed by atoms with E-state index in [1.54, 1.807) is 0 Å². The maximum Gasteiger partial charge on any atom is -0.0153 e. The van der Waals surface area contributed by atoms with Crippen LogP contribution in [0.15, 0.2) is 91.0 Å². The Morgan fingerprint density at radius 2 is 0.857 bits per heavy atom. The largest absolute Gasteiger partial charge is 0.0622 e. The van der Waals surface area contributed by atoms with Gasteiger partial charge in [-0.1, -0.05) is 108 Å². The van der Waals surface area contributed by atoms with E-state index in [-0.39, 0.29) is 7.30 Å². The van der Waals surface area contributed by atoms with Crippen molar-refractivity contribution in [2.24, 2.45) is 0 Å². The molecule has 0 bridgehead atoms. The molecular formula is C18H17P3. The Bertz CT molecular complexity index is 612. The number of hydrogen-bond acceptors (Lipinski definition) is 0. The summed E-state index contributed by atoms with van der Waals surface area (Å²) in [5.74, 6) is 0. The first-order chi connectivity index (χ1) is 10.4. The first-order valence-electron chi connectivity index (χ1n) is 6.90. The lowest BCUT2D eigenvalue weighted by molar-refractivity contribution is 1.77. The van der Waals surface area contributed by atoms with Crippen LogP contribution in [0.5, 0.6) is 0 Å². The topological polar surface area (TPSA) is 0 Å². The van der Waals surface area contributed by atoms with Crippen LogP contribution in [0.4, 0.5) is 0 Å². The third-order valence-electron chi connectivity index (χ3n) is 3.04. The SMILES string of the molecule is c1ccc(PP(Pc2ccccc2)c2ccccc2)cc1. The van der Waals surface area contributed by atoms with Gasteiger partial charge in [-0.3, -0.25) is 0 Å². The fraction of sp³-hybridized carbons (Fsp3) is 0. The molecule has 2 unspecified atom stereocenters. The van der Waals surface area contributed by atoms with Crippen LogP contribution in [-0.4, -0.2) is 0 Å². The van der Waals surface area contributed by atoms with Crippen LogP contribution in [0.3, 0.4) is 0 Å². The van der Waals surface area contributed by atoms with E-state index in [9.17, 15) is 0 Å². The molecule has 0 radical (unpaired) electrons. The van der Waals surface area contributed by atoms with Gasteiger partial charge in [0.25, 0.3) is 0 Å². The maximum atomic E-state index is 2.29. The minimum atomic E-state index is -0.153. The van der Waals surface area contributed by atoms with E-state index >= 15 is 0 Å². The van der Waals surface area contributed by atoms with E-state index in [0.29, 0.717) is 0 Å². The van der Waals surface area contributed by atoms with Crippen molar-refractivity contribution in [1.82, 2.24) is 0 Å². The summed E-state index contributed by atoms with van der Waals surface area (Å²) in [5.41, 5.74) is 0. The maximum absolute atomic E-state index is 2.29. The molecule has 3 aromatic rings. The quantitative estimate of drug-likeness (QED) is 0.600. The monoisotopic (exact) mass is 326 g/mol. The molecule has 0 aliphatic carbocycles. The van der Waals surface area contributed by atoms with Crippen molar-refractivity contribution < 1.29 is 0 Å². The van der Waals surface area contributed by atoms with Gasteiger partial charge in [-0.05, 0) is 23.2 Å². The van der Waals surface area contributed by atoms with Crippen molar-refractivity contribution in [1.29, 1.82) is 0 Å². The lowest BCUT2D eigenvalue weighted by Gasteiger charge is -2.18. The van der Waals surface area contributed by atoms with Gasteiger partial charge in [0.2, 0.25) is 0 Å². The number of rotatable bonds is 5. The van der Waals surface area contributed by atoms with Crippen LogP contribution in [0.1, 0.15) is 0 Å². The summed E-state index contributed by atoms with van der Waals surface area (Å²) in [6.07, 6.45) is 0. The lowest BCUT2D eigenvalue weighted by atomic mass is 10.4. The molecule has 0 aliphatic rings. The fourth-order valence-corrected chi connectivity index (χ4v) is 11.1. The van der Waals surface area contributed by atoms with Gasteiger partial charge in [0.1, 0.15) is 0 Å². The second-order valence-corrected chi connectivity index (χ2v) is 12.8. The Balaban J connectivity index is 1.84. The van der Waals surface area contributed by atoms with Crippen LogP contribution in [0.25, 0.3) is 0 Å². The van der Waals surface area contributed by atoms with E-state index in [1.807, 2.05) is 0 Å². The molecule has 0 aromatic heterocycles. The zero-order chi connectivity index (χ0) is 14.3. The molecule has 3 aromatic carbocycles. The Labute approximate surface area is 131 Å². The van der Waals surface area contributed by atoms with Crippen molar-refractivity contribution in [3.63, 3.8) is 0 Å². The van der Waals surface area contributed by atoms with Gasteiger partial charge in [-0.15, -0.1) is 0 Å². The zero-order valence-electron chi connectivity index (χ0n) is 11.6. The summed E-state index contributed by atoms with van der Waals surface area (Å²) in [7, 11) is 1.60. The van der Waals surface area contributed by atoms with Gasteiger partial charge in [0.05, 0.1) is 0 Å². The molecular weight excluding hydrogens is 309 g/mol. The Hall–Kier alpha value is -1.05.